The first-order valence-electron chi connectivity index (χ1n) is 10.1. The average molecular weight is 399 g/mol. The smallest absolute Gasteiger partial charge is 0.291 e. The van der Waals surface area contributed by atoms with Gasteiger partial charge < -0.3 is 19.9 Å². The van der Waals surface area contributed by atoms with E-state index in [1.54, 1.807) is 7.11 Å². The van der Waals surface area contributed by atoms with Crippen LogP contribution in [-0.4, -0.2) is 41.6 Å². The number of ether oxygens (including phenoxy) is 1. The van der Waals surface area contributed by atoms with Crippen LogP contribution in [0.25, 0.3) is 0 Å². The molecule has 7 heteroatoms. The molecule has 0 aliphatic carbocycles. The molecule has 7 nitrogen and oxygen atoms in total. The van der Waals surface area contributed by atoms with E-state index in [0.29, 0.717) is 31.2 Å². The molecule has 1 aliphatic rings. The van der Waals surface area contributed by atoms with Crippen LogP contribution in [0.1, 0.15) is 66.0 Å². The second-order valence-electron chi connectivity index (χ2n) is 8.34. The Labute approximate surface area is 171 Å². The zero-order valence-electron chi connectivity index (χ0n) is 17.7. The van der Waals surface area contributed by atoms with Crippen LogP contribution in [0, 0.1) is 0 Å². The number of imidazole rings is 1. The van der Waals surface area contributed by atoms with Crippen molar-refractivity contribution in [3.8, 4) is 0 Å². The number of para-hydroxylation sites is 1. The number of carbonyl (C=O) groups excluding carboxylic acids is 2. The number of hydrogen-bond acceptors (Lipinski definition) is 4. The minimum Gasteiger partial charge on any atom is -0.383 e. The van der Waals surface area contributed by atoms with Gasteiger partial charge in [-0.25, -0.2) is 4.98 Å². The first kappa shape index (κ1) is 21.0. The van der Waals surface area contributed by atoms with E-state index in [-0.39, 0.29) is 17.2 Å². The largest absolute Gasteiger partial charge is 0.383 e. The SMILES string of the molecule is COCCNC(=O)c1nc(C(=O)Nc2ccccc2C(C)(C)C)n2c1CCCC2. The van der Waals surface area contributed by atoms with Crippen molar-refractivity contribution in [1.29, 1.82) is 0 Å². The lowest BCUT2D eigenvalue weighted by molar-refractivity contribution is 0.0931. The zero-order chi connectivity index (χ0) is 21.0. The minimum atomic E-state index is -0.291. The molecule has 0 bridgehead atoms. The number of rotatable bonds is 6. The molecule has 0 spiro atoms. The van der Waals surface area contributed by atoms with E-state index >= 15 is 0 Å². The molecule has 0 radical (unpaired) electrons. The lowest BCUT2D eigenvalue weighted by Gasteiger charge is -2.23. The summed E-state index contributed by atoms with van der Waals surface area (Å²) in [5.41, 5.74) is 2.89. The van der Waals surface area contributed by atoms with E-state index in [0.717, 1.165) is 36.2 Å². The molecule has 1 aromatic heterocycles. The Balaban J connectivity index is 1.89. The summed E-state index contributed by atoms with van der Waals surface area (Å²) >= 11 is 0. The molecular formula is C22H30N4O3. The maximum Gasteiger partial charge on any atom is 0.291 e. The van der Waals surface area contributed by atoms with E-state index in [1.807, 2.05) is 28.8 Å². The fraction of sp³-hybridized carbons (Fsp3) is 0.500. The summed E-state index contributed by atoms with van der Waals surface area (Å²) in [4.78, 5) is 30.2. The molecule has 1 aliphatic heterocycles. The maximum atomic E-state index is 13.1. The van der Waals surface area contributed by atoms with Crippen LogP contribution in [0.15, 0.2) is 24.3 Å². The lowest BCUT2D eigenvalue weighted by Crippen LogP contribution is -2.28. The standard InChI is InChI=1S/C22H30N4O3/c1-22(2,3)15-9-5-6-10-16(15)24-21(28)19-25-18(20(27)23-12-14-29-4)17-11-7-8-13-26(17)19/h5-6,9-10H,7-8,11-14H2,1-4H3,(H,23,27)(H,24,28). The number of methoxy groups -OCH3 is 1. The highest BCUT2D eigenvalue weighted by atomic mass is 16.5. The van der Waals surface area contributed by atoms with Crippen LogP contribution in [-0.2, 0) is 23.1 Å². The van der Waals surface area contributed by atoms with E-state index < -0.39 is 0 Å². The van der Waals surface area contributed by atoms with E-state index in [2.05, 4.69) is 36.4 Å². The summed E-state index contributed by atoms with van der Waals surface area (Å²) in [6, 6.07) is 7.79. The molecule has 0 saturated carbocycles. The predicted octanol–water partition coefficient (Wildman–Crippen LogP) is 3.15. The van der Waals surface area contributed by atoms with Gasteiger partial charge in [0.1, 0.15) is 5.69 Å². The average Bonchev–Trinajstić information content (AvgIpc) is 3.08. The van der Waals surface area contributed by atoms with Gasteiger partial charge >= 0.3 is 0 Å². The number of nitrogens with zero attached hydrogens (tertiary/aromatic N) is 2. The highest BCUT2D eigenvalue weighted by molar-refractivity contribution is 6.04. The summed E-state index contributed by atoms with van der Waals surface area (Å²) < 4.78 is 6.88. The van der Waals surface area contributed by atoms with Crippen molar-refractivity contribution in [2.75, 3.05) is 25.6 Å². The van der Waals surface area contributed by atoms with E-state index in [1.165, 1.54) is 0 Å². The molecule has 2 amide bonds. The highest BCUT2D eigenvalue weighted by Crippen LogP contribution is 2.30. The molecule has 0 atom stereocenters. The maximum absolute atomic E-state index is 13.1. The van der Waals surface area contributed by atoms with Crippen LogP contribution >= 0.6 is 0 Å². The van der Waals surface area contributed by atoms with Crippen molar-refractivity contribution in [3.63, 3.8) is 0 Å². The first-order chi connectivity index (χ1) is 13.8. The molecule has 29 heavy (non-hydrogen) atoms. The third-order valence-electron chi connectivity index (χ3n) is 5.11. The number of aromatic nitrogens is 2. The zero-order valence-corrected chi connectivity index (χ0v) is 17.7. The number of carbonyl (C=O) groups is 2. The van der Waals surface area contributed by atoms with Crippen LogP contribution in [0.4, 0.5) is 5.69 Å². The molecule has 0 saturated heterocycles. The third-order valence-corrected chi connectivity index (χ3v) is 5.11. The fourth-order valence-electron chi connectivity index (χ4n) is 3.67. The molecule has 156 valence electrons. The van der Waals surface area contributed by atoms with Gasteiger partial charge in [0.15, 0.2) is 5.82 Å². The molecule has 0 unspecified atom stereocenters. The predicted molar refractivity (Wildman–Crippen MR) is 112 cm³/mol. The van der Waals surface area contributed by atoms with Crippen molar-refractivity contribution >= 4 is 17.5 Å². The molecular weight excluding hydrogens is 368 g/mol. The Bertz CT molecular complexity index is 896. The minimum absolute atomic E-state index is 0.109. The van der Waals surface area contributed by atoms with Gasteiger partial charge in [-0.05, 0) is 36.3 Å². The number of anilines is 1. The fourth-order valence-corrected chi connectivity index (χ4v) is 3.67. The normalized spacial score (nSPS) is 13.7. The van der Waals surface area contributed by atoms with Gasteiger partial charge in [0.2, 0.25) is 0 Å². The van der Waals surface area contributed by atoms with Crippen molar-refractivity contribution in [2.45, 2.75) is 52.0 Å². The summed E-state index contributed by atoms with van der Waals surface area (Å²) in [7, 11) is 1.59. The van der Waals surface area contributed by atoms with Crippen LogP contribution in [0.2, 0.25) is 0 Å². The number of nitrogens with one attached hydrogen (secondary N) is 2. The van der Waals surface area contributed by atoms with Gasteiger partial charge in [-0.1, -0.05) is 39.0 Å². The van der Waals surface area contributed by atoms with Gasteiger partial charge in [0.25, 0.3) is 11.8 Å². The van der Waals surface area contributed by atoms with Crippen molar-refractivity contribution < 1.29 is 14.3 Å². The van der Waals surface area contributed by atoms with Crippen molar-refractivity contribution in [3.05, 3.63) is 47.0 Å². The summed E-state index contributed by atoms with van der Waals surface area (Å²) in [5, 5.41) is 5.82. The molecule has 2 heterocycles. The molecule has 2 aromatic rings. The monoisotopic (exact) mass is 398 g/mol. The summed E-state index contributed by atoms with van der Waals surface area (Å²) in [6.07, 6.45) is 2.69. The Kier molecular flexibility index (Phi) is 6.37. The Morgan fingerprint density at radius 2 is 1.93 bits per heavy atom. The molecule has 1 aromatic carbocycles. The molecule has 2 N–H and O–H groups in total. The second kappa shape index (κ2) is 8.78. The molecule has 0 fully saturated rings. The van der Waals surface area contributed by atoms with Gasteiger partial charge in [0.05, 0.1) is 12.3 Å². The van der Waals surface area contributed by atoms with E-state index in [4.69, 9.17) is 4.74 Å². The third kappa shape index (κ3) is 4.67. The van der Waals surface area contributed by atoms with Gasteiger partial charge in [-0.2, -0.15) is 0 Å². The first-order valence-corrected chi connectivity index (χ1v) is 10.1. The van der Waals surface area contributed by atoms with Gasteiger partial charge in [0, 0.05) is 25.9 Å². The lowest BCUT2D eigenvalue weighted by atomic mass is 9.86. The van der Waals surface area contributed by atoms with Crippen LogP contribution in [0.5, 0.6) is 0 Å². The number of fused-ring (bicyclic) bond motifs is 1. The summed E-state index contributed by atoms with van der Waals surface area (Å²) in [5.74, 6) is -0.261. The summed E-state index contributed by atoms with van der Waals surface area (Å²) in [6.45, 7) is 7.85. The topological polar surface area (TPSA) is 85.2 Å². The van der Waals surface area contributed by atoms with Crippen LogP contribution < -0.4 is 10.6 Å². The second-order valence-corrected chi connectivity index (χ2v) is 8.34. The van der Waals surface area contributed by atoms with Gasteiger partial charge in [-0.3, -0.25) is 9.59 Å². The van der Waals surface area contributed by atoms with Crippen LogP contribution in [0.3, 0.4) is 0 Å². The highest BCUT2D eigenvalue weighted by Gasteiger charge is 2.28. The quantitative estimate of drug-likeness (QED) is 0.732. The number of amides is 2. The Morgan fingerprint density at radius 3 is 2.66 bits per heavy atom. The van der Waals surface area contributed by atoms with E-state index in [9.17, 15) is 9.59 Å². The Hall–Kier alpha value is -2.67. The van der Waals surface area contributed by atoms with Crippen molar-refractivity contribution in [2.24, 2.45) is 0 Å². The number of hydrogen-bond donors (Lipinski definition) is 2. The number of benzene rings is 1. The Morgan fingerprint density at radius 1 is 1.17 bits per heavy atom. The van der Waals surface area contributed by atoms with Crippen molar-refractivity contribution in [1.82, 2.24) is 14.9 Å². The van der Waals surface area contributed by atoms with Gasteiger partial charge in [-0.15, -0.1) is 0 Å². The molecule has 3 rings (SSSR count).